The van der Waals surface area contributed by atoms with Gasteiger partial charge in [0.1, 0.15) is 10.7 Å². The lowest BCUT2D eigenvalue weighted by molar-refractivity contribution is -0.125. The van der Waals surface area contributed by atoms with Crippen molar-refractivity contribution in [1.82, 2.24) is 5.32 Å². The van der Waals surface area contributed by atoms with E-state index in [0.717, 1.165) is 0 Å². The van der Waals surface area contributed by atoms with Crippen molar-refractivity contribution in [1.29, 1.82) is 0 Å². The molecule has 0 aromatic heterocycles. The minimum atomic E-state index is -0.447. The maximum atomic E-state index is 11.8. The van der Waals surface area contributed by atoms with Gasteiger partial charge in [0.25, 0.3) is 5.91 Å². The highest BCUT2D eigenvalue weighted by molar-refractivity contribution is 7.80. The molecule has 0 saturated heterocycles. The standard InChI is InChI=1S/C14H20N2O3S/c1-14(2,9-18-3)16-12(17)8-19-11-7-5-4-6-10(11)13(15)20/h4-7H,8-9H2,1-3H3,(H2,15,20)(H,16,17). The molecule has 0 unspecified atom stereocenters. The SMILES string of the molecule is COCC(C)(C)NC(=O)COc1ccccc1C(N)=S. The van der Waals surface area contributed by atoms with E-state index in [-0.39, 0.29) is 17.5 Å². The van der Waals surface area contributed by atoms with E-state index in [2.05, 4.69) is 5.32 Å². The highest BCUT2D eigenvalue weighted by atomic mass is 32.1. The van der Waals surface area contributed by atoms with Crippen LogP contribution in [0.15, 0.2) is 24.3 Å². The summed E-state index contributed by atoms with van der Waals surface area (Å²) >= 11 is 4.93. The molecule has 0 saturated carbocycles. The Morgan fingerprint density at radius 1 is 1.40 bits per heavy atom. The molecule has 0 aliphatic rings. The van der Waals surface area contributed by atoms with Crippen molar-refractivity contribution < 1.29 is 14.3 Å². The third kappa shape index (κ3) is 5.14. The summed E-state index contributed by atoms with van der Waals surface area (Å²) in [7, 11) is 1.59. The number of para-hydroxylation sites is 1. The van der Waals surface area contributed by atoms with Crippen molar-refractivity contribution in [3.8, 4) is 5.75 Å². The maximum Gasteiger partial charge on any atom is 0.258 e. The molecule has 1 aromatic rings. The molecule has 0 heterocycles. The van der Waals surface area contributed by atoms with Crippen LogP contribution < -0.4 is 15.8 Å². The quantitative estimate of drug-likeness (QED) is 0.741. The highest BCUT2D eigenvalue weighted by Crippen LogP contribution is 2.17. The van der Waals surface area contributed by atoms with Crippen LogP contribution in [0.4, 0.5) is 0 Å². The van der Waals surface area contributed by atoms with Gasteiger partial charge >= 0.3 is 0 Å². The van der Waals surface area contributed by atoms with Gasteiger partial charge in [0.05, 0.1) is 17.7 Å². The molecule has 5 nitrogen and oxygen atoms in total. The zero-order valence-corrected chi connectivity index (χ0v) is 12.8. The van der Waals surface area contributed by atoms with Crippen molar-refractivity contribution in [2.24, 2.45) is 5.73 Å². The van der Waals surface area contributed by atoms with Gasteiger partial charge in [0, 0.05) is 7.11 Å². The zero-order valence-electron chi connectivity index (χ0n) is 11.9. The molecular weight excluding hydrogens is 276 g/mol. The van der Waals surface area contributed by atoms with Crippen LogP contribution in [0.25, 0.3) is 0 Å². The molecule has 0 aliphatic carbocycles. The predicted octanol–water partition coefficient (Wildman–Crippen LogP) is 1.24. The van der Waals surface area contributed by atoms with Gasteiger partial charge in [-0.3, -0.25) is 4.79 Å². The molecule has 6 heteroatoms. The maximum absolute atomic E-state index is 11.8. The van der Waals surface area contributed by atoms with E-state index >= 15 is 0 Å². The smallest absolute Gasteiger partial charge is 0.258 e. The second kappa shape index (κ2) is 7.21. The van der Waals surface area contributed by atoms with Gasteiger partial charge in [0.15, 0.2) is 6.61 Å². The van der Waals surface area contributed by atoms with Crippen molar-refractivity contribution in [3.63, 3.8) is 0 Å². The van der Waals surface area contributed by atoms with Gasteiger partial charge in [-0.2, -0.15) is 0 Å². The van der Waals surface area contributed by atoms with E-state index in [1.165, 1.54) is 0 Å². The Balaban J connectivity index is 2.60. The topological polar surface area (TPSA) is 73.6 Å². The number of amides is 1. The summed E-state index contributed by atoms with van der Waals surface area (Å²) in [4.78, 5) is 12.1. The van der Waals surface area contributed by atoms with Crippen LogP contribution in [-0.2, 0) is 9.53 Å². The number of nitrogens with one attached hydrogen (secondary N) is 1. The lowest BCUT2D eigenvalue weighted by Crippen LogP contribution is -2.48. The first-order valence-electron chi connectivity index (χ1n) is 6.17. The fourth-order valence-corrected chi connectivity index (χ4v) is 1.92. The number of ether oxygens (including phenoxy) is 2. The van der Waals surface area contributed by atoms with Gasteiger partial charge in [-0.25, -0.2) is 0 Å². The Bertz CT molecular complexity index is 489. The summed E-state index contributed by atoms with van der Waals surface area (Å²) in [5.74, 6) is 0.268. The summed E-state index contributed by atoms with van der Waals surface area (Å²) in [5.41, 5.74) is 5.77. The van der Waals surface area contributed by atoms with E-state index in [1.807, 2.05) is 19.9 Å². The van der Waals surface area contributed by atoms with E-state index in [9.17, 15) is 4.79 Å². The first kappa shape index (κ1) is 16.4. The largest absolute Gasteiger partial charge is 0.483 e. The second-order valence-electron chi connectivity index (χ2n) is 5.01. The molecule has 0 bridgehead atoms. The number of rotatable bonds is 7. The molecule has 0 aliphatic heterocycles. The summed E-state index contributed by atoms with van der Waals surface area (Å²) < 4.78 is 10.5. The number of benzene rings is 1. The van der Waals surface area contributed by atoms with Gasteiger partial charge in [0.2, 0.25) is 0 Å². The number of thiocarbonyl (C=S) groups is 1. The Morgan fingerprint density at radius 3 is 2.65 bits per heavy atom. The number of nitrogens with two attached hydrogens (primary N) is 1. The number of hydrogen-bond donors (Lipinski definition) is 2. The highest BCUT2D eigenvalue weighted by Gasteiger charge is 2.20. The summed E-state index contributed by atoms with van der Waals surface area (Å²) in [6.07, 6.45) is 0. The van der Waals surface area contributed by atoms with Crippen molar-refractivity contribution >= 4 is 23.1 Å². The third-order valence-corrected chi connectivity index (χ3v) is 2.71. The van der Waals surface area contributed by atoms with E-state index in [4.69, 9.17) is 27.4 Å². The number of carbonyl (C=O) groups is 1. The molecule has 0 radical (unpaired) electrons. The first-order valence-corrected chi connectivity index (χ1v) is 6.58. The van der Waals surface area contributed by atoms with E-state index < -0.39 is 5.54 Å². The molecule has 1 aromatic carbocycles. The first-order chi connectivity index (χ1) is 9.35. The van der Waals surface area contributed by atoms with Crippen molar-refractivity contribution in [2.45, 2.75) is 19.4 Å². The normalized spacial score (nSPS) is 10.9. The molecule has 1 amide bonds. The lowest BCUT2D eigenvalue weighted by Gasteiger charge is -2.25. The van der Waals surface area contributed by atoms with Crippen LogP contribution in [0, 0.1) is 0 Å². The third-order valence-electron chi connectivity index (χ3n) is 2.49. The van der Waals surface area contributed by atoms with Crippen LogP contribution in [0.2, 0.25) is 0 Å². The van der Waals surface area contributed by atoms with Gasteiger partial charge in [-0.1, -0.05) is 24.4 Å². The van der Waals surface area contributed by atoms with Crippen LogP contribution in [0.1, 0.15) is 19.4 Å². The Hall–Kier alpha value is -1.66. The molecule has 20 heavy (non-hydrogen) atoms. The second-order valence-corrected chi connectivity index (χ2v) is 5.45. The molecule has 0 fully saturated rings. The van der Waals surface area contributed by atoms with Gasteiger partial charge < -0.3 is 20.5 Å². The van der Waals surface area contributed by atoms with Crippen LogP contribution in [0.5, 0.6) is 5.75 Å². The van der Waals surface area contributed by atoms with Crippen molar-refractivity contribution in [3.05, 3.63) is 29.8 Å². The molecule has 1 rings (SSSR count). The number of carbonyl (C=O) groups excluding carboxylic acids is 1. The number of methoxy groups -OCH3 is 1. The monoisotopic (exact) mass is 296 g/mol. The van der Waals surface area contributed by atoms with Crippen LogP contribution in [0.3, 0.4) is 0 Å². The minimum Gasteiger partial charge on any atom is -0.483 e. The summed E-state index contributed by atoms with van der Waals surface area (Å²) in [6.45, 7) is 4.06. The fourth-order valence-electron chi connectivity index (χ4n) is 1.75. The Kier molecular flexibility index (Phi) is 5.91. The fraction of sp³-hybridized carbons (Fsp3) is 0.429. The average molecular weight is 296 g/mol. The Labute approximate surface area is 124 Å². The minimum absolute atomic E-state index is 0.104. The van der Waals surface area contributed by atoms with Gasteiger partial charge in [-0.05, 0) is 26.0 Å². The lowest BCUT2D eigenvalue weighted by atomic mass is 10.1. The molecular formula is C14H20N2O3S. The van der Waals surface area contributed by atoms with Crippen LogP contribution >= 0.6 is 12.2 Å². The molecule has 0 spiro atoms. The average Bonchev–Trinajstić information content (AvgIpc) is 2.35. The Morgan fingerprint density at radius 2 is 2.05 bits per heavy atom. The van der Waals surface area contributed by atoms with E-state index in [1.54, 1.807) is 25.3 Å². The van der Waals surface area contributed by atoms with Crippen LogP contribution in [-0.4, -0.2) is 36.8 Å². The number of hydrogen-bond acceptors (Lipinski definition) is 4. The summed E-state index contributed by atoms with van der Waals surface area (Å²) in [5, 5.41) is 2.82. The zero-order chi connectivity index (χ0) is 15.2. The molecule has 0 atom stereocenters. The molecule has 110 valence electrons. The van der Waals surface area contributed by atoms with Crippen molar-refractivity contribution in [2.75, 3.05) is 20.3 Å². The summed E-state index contributed by atoms with van der Waals surface area (Å²) in [6, 6.07) is 7.08. The van der Waals surface area contributed by atoms with E-state index in [0.29, 0.717) is 17.9 Å². The predicted molar refractivity (Wildman–Crippen MR) is 81.9 cm³/mol. The van der Waals surface area contributed by atoms with Gasteiger partial charge in [-0.15, -0.1) is 0 Å². The molecule has 3 N–H and O–H groups in total.